The maximum Gasteiger partial charge on any atom is 0.416 e. The van der Waals surface area contributed by atoms with Crippen LogP contribution in [0.1, 0.15) is 42.3 Å². The zero-order chi connectivity index (χ0) is 30.3. The molecule has 1 amide bonds. The summed E-state index contributed by atoms with van der Waals surface area (Å²) in [6.07, 6.45) is -4.55. The third kappa shape index (κ3) is 5.62. The number of carbonyl (C=O) groups is 3. The molecule has 0 aliphatic carbocycles. The zero-order valence-corrected chi connectivity index (χ0v) is 25.0. The number of carbonyl (C=O) groups excluding carboxylic acids is 3. The van der Waals surface area contributed by atoms with Crippen molar-refractivity contribution in [2.24, 2.45) is 0 Å². The first-order chi connectivity index (χ1) is 19.3. The van der Waals surface area contributed by atoms with E-state index in [1.54, 1.807) is 32.0 Å². The molecule has 41 heavy (non-hydrogen) atoms. The SMILES string of the molecule is CCOc1ccc2c(c1)C(=C1SC(C(=O)OC)=C(C(=O)OC)S1)C(=S)C(C)(C)N2C(=O)c1ccc(C(F)(F)F)cc1. The molecule has 0 saturated heterocycles. The maximum absolute atomic E-state index is 13.9. The van der Waals surface area contributed by atoms with Gasteiger partial charge in [0, 0.05) is 16.7 Å². The van der Waals surface area contributed by atoms with E-state index in [-0.39, 0.29) is 15.4 Å². The summed E-state index contributed by atoms with van der Waals surface area (Å²) in [5.74, 6) is -1.52. The standard InChI is InChI=1S/C28H24F3NO6S3/c1-6-38-16-11-12-18-17(13-16)19(26-40-20(24(34)36-4)21(41-26)25(35)37-5)22(39)27(2,3)32(18)23(33)14-7-9-15(10-8-14)28(29,30)31/h7-13H,6H2,1-5H3. The Morgan fingerprint density at radius 3 is 2.00 bits per heavy atom. The molecular formula is C28H24F3NO6S3. The summed E-state index contributed by atoms with van der Waals surface area (Å²) >= 11 is 7.96. The third-order valence-electron chi connectivity index (χ3n) is 6.33. The van der Waals surface area contributed by atoms with E-state index < -0.39 is 35.1 Å². The first kappa shape index (κ1) is 30.7. The average molecular weight is 624 g/mol. The van der Waals surface area contributed by atoms with Crippen LogP contribution in [-0.4, -0.2) is 49.1 Å². The van der Waals surface area contributed by atoms with Gasteiger partial charge in [-0.1, -0.05) is 35.7 Å². The van der Waals surface area contributed by atoms with Crippen LogP contribution in [0.15, 0.2) is 56.5 Å². The molecule has 2 aromatic carbocycles. The second-order valence-electron chi connectivity index (χ2n) is 9.22. The summed E-state index contributed by atoms with van der Waals surface area (Å²) < 4.78 is 55.4. The minimum atomic E-state index is -4.55. The van der Waals surface area contributed by atoms with E-state index in [4.69, 9.17) is 26.4 Å². The van der Waals surface area contributed by atoms with Crippen LogP contribution < -0.4 is 9.64 Å². The summed E-state index contributed by atoms with van der Waals surface area (Å²) in [4.78, 5) is 40.8. The molecule has 0 aromatic heterocycles. The van der Waals surface area contributed by atoms with Gasteiger partial charge >= 0.3 is 18.1 Å². The van der Waals surface area contributed by atoms with Crippen LogP contribution in [0, 0.1) is 0 Å². The molecule has 0 fully saturated rings. The van der Waals surface area contributed by atoms with Crippen molar-refractivity contribution in [3.63, 3.8) is 0 Å². The lowest BCUT2D eigenvalue weighted by Gasteiger charge is -2.45. The lowest BCUT2D eigenvalue weighted by atomic mass is 9.82. The number of esters is 2. The molecule has 13 heteroatoms. The molecule has 0 atom stereocenters. The Kier molecular flexibility index (Phi) is 8.63. The van der Waals surface area contributed by atoms with Crippen LogP contribution >= 0.6 is 35.7 Å². The Morgan fingerprint density at radius 2 is 1.51 bits per heavy atom. The number of rotatable bonds is 5. The third-order valence-corrected chi connectivity index (χ3v) is 9.60. The number of amides is 1. The van der Waals surface area contributed by atoms with Gasteiger partial charge in [-0.15, -0.1) is 0 Å². The number of thiocarbonyl (C=S) groups is 1. The van der Waals surface area contributed by atoms with Gasteiger partial charge in [0.15, 0.2) is 0 Å². The van der Waals surface area contributed by atoms with Crippen molar-refractivity contribution in [2.45, 2.75) is 32.5 Å². The van der Waals surface area contributed by atoms with E-state index in [1.165, 1.54) is 19.1 Å². The Balaban J connectivity index is 1.90. The van der Waals surface area contributed by atoms with Crippen molar-refractivity contribution in [2.75, 3.05) is 25.7 Å². The number of nitrogens with zero attached hydrogens (tertiary/aromatic N) is 1. The van der Waals surface area contributed by atoms with Crippen LogP contribution in [0.3, 0.4) is 0 Å². The highest BCUT2D eigenvalue weighted by Gasteiger charge is 2.46. The fraction of sp³-hybridized carbons (Fsp3) is 0.286. The lowest BCUT2D eigenvalue weighted by molar-refractivity contribution is -0.138. The second-order valence-corrected chi connectivity index (χ2v) is 11.9. The van der Waals surface area contributed by atoms with Crippen molar-refractivity contribution in [3.8, 4) is 5.75 Å². The van der Waals surface area contributed by atoms with Gasteiger partial charge in [0.25, 0.3) is 5.91 Å². The van der Waals surface area contributed by atoms with Gasteiger partial charge in [0.2, 0.25) is 0 Å². The fourth-order valence-electron chi connectivity index (χ4n) is 4.35. The minimum Gasteiger partial charge on any atom is -0.494 e. The summed E-state index contributed by atoms with van der Waals surface area (Å²) in [6.45, 7) is 5.61. The number of anilines is 1. The molecule has 0 N–H and O–H groups in total. The van der Waals surface area contributed by atoms with Crippen LogP contribution in [-0.2, 0) is 25.2 Å². The van der Waals surface area contributed by atoms with Gasteiger partial charge in [-0.05, 0) is 63.2 Å². The Labute approximate surface area is 248 Å². The van der Waals surface area contributed by atoms with E-state index in [0.717, 1.165) is 47.8 Å². The Bertz CT molecular complexity index is 1480. The van der Waals surface area contributed by atoms with Gasteiger partial charge in [-0.3, -0.25) is 9.69 Å². The molecule has 2 aromatic rings. The van der Waals surface area contributed by atoms with Crippen LogP contribution in [0.25, 0.3) is 5.57 Å². The normalized spacial score (nSPS) is 16.5. The Morgan fingerprint density at radius 1 is 0.951 bits per heavy atom. The number of methoxy groups -OCH3 is 2. The van der Waals surface area contributed by atoms with Gasteiger partial charge in [-0.2, -0.15) is 13.2 Å². The fourth-order valence-corrected chi connectivity index (χ4v) is 7.38. The highest BCUT2D eigenvalue weighted by Crippen LogP contribution is 2.56. The second kappa shape index (κ2) is 11.5. The summed E-state index contributed by atoms with van der Waals surface area (Å²) in [5.41, 5.74) is -0.567. The van der Waals surface area contributed by atoms with Gasteiger partial charge in [0.1, 0.15) is 15.6 Å². The molecule has 216 valence electrons. The topological polar surface area (TPSA) is 82.1 Å². The van der Waals surface area contributed by atoms with Crippen LogP contribution in [0.2, 0.25) is 0 Å². The summed E-state index contributed by atoms with van der Waals surface area (Å²) in [5, 5.41) is 0. The highest BCUT2D eigenvalue weighted by atomic mass is 32.2. The smallest absolute Gasteiger partial charge is 0.416 e. The maximum atomic E-state index is 13.9. The molecule has 0 unspecified atom stereocenters. The van der Waals surface area contributed by atoms with Crippen molar-refractivity contribution < 1.29 is 41.8 Å². The van der Waals surface area contributed by atoms with Gasteiger partial charge < -0.3 is 14.2 Å². The van der Waals surface area contributed by atoms with E-state index in [9.17, 15) is 27.6 Å². The molecular weight excluding hydrogens is 600 g/mol. The van der Waals surface area contributed by atoms with E-state index in [2.05, 4.69) is 0 Å². The summed E-state index contributed by atoms with van der Waals surface area (Å²) in [7, 11) is 2.40. The van der Waals surface area contributed by atoms with Crippen molar-refractivity contribution >= 4 is 69.7 Å². The molecule has 4 rings (SSSR count). The van der Waals surface area contributed by atoms with E-state index in [0.29, 0.717) is 38.3 Å². The number of hydrogen-bond donors (Lipinski definition) is 0. The number of alkyl halides is 3. The predicted octanol–water partition coefficient (Wildman–Crippen LogP) is 6.62. The minimum absolute atomic E-state index is 0.0389. The Hall–Kier alpha value is -3.29. The number of ether oxygens (including phenoxy) is 3. The molecule has 2 aliphatic rings. The first-order valence-corrected chi connectivity index (χ1v) is 14.1. The number of fused-ring (bicyclic) bond motifs is 1. The molecule has 0 radical (unpaired) electrons. The predicted molar refractivity (Wildman–Crippen MR) is 156 cm³/mol. The zero-order valence-electron chi connectivity index (χ0n) is 22.5. The lowest BCUT2D eigenvalue weighted by Crippen LogP contribution is -2.56. The van der Waals surface area contributed by atoms with Crippen molar-refractivity contribution in [1.82, 2.24) is 0 Å². The highest BCUT2D eigenvalue weighted by molar-refractivity contribution is 8.29. The van der Waals surface area contributed by atoms with Gasteiger partial charge in [0.05, 0.1) is 46.7 Å². The molecule has 0 saturated carbocycles. The quantitative estimate of drug-likeness (QED) is 0.207. The molecule has 2 aliphatic heterocycles. The average Bonchev–Trinajstić information content (AvgIpc) is 3.37. The van der Waals surface area contributed by atoms with Crippen molar-refractivity contribution in [3.05, 3.63) is 73.2 Å². The van der Waals surface area contributed by atoms with Crippen molar-refractivity contribution in [1.29, 1.82) is 0 Å². The first-order valence-electron chi connectivity index (χ1n) is 12.1. The number of benzene rings is 2. The monoisotopic (exact) mass is 623 g/mol. The van der Waals surface area contributed by atoms with Crippen LogP contribution in [0.4, 0.5) is 18.9 Å². The molecule has 2 heterocycles. The van der Waals surface area contributed by atoms with Crippen LogP contribution in [0.5, 0.6) is 5.75 Å². The number of halogens is 3. The number of hydrogen-bond acceptors (Lipinski definition) is 9. The molecule has 0 spiro atoms. The largest absolute Gasteiger partial charge is 0.494 e. The summed E-state index contributed by atoms with van der Waals surface area (Å²) in [6, 6.07) is 9.02. The van der Waals surface area contributed by atoms with E-state index >= 15 is 0 Å². The van der Waals surface area contributed by atoms with Gasteiger partial charge in [-0.25, -0.2) is 9.59 Å². The molecule has 7 nitrogen and oxygen atoms in total. The molecule has 0 bridgehead atoms. The number of thioether (sulfide) groups is 2. The van der Waals surface area contributed by atoms with E-state index in [1.807, 2.05) is 6.92 Å².